The zero-order valence-electron chi connectivity index (χ0n) is 12.8. The summed E-state index contributed by atoms with van der Waals surface area (Å²) in [4.78, 5) is 0. The van der Waals surface area contributed by atoms with Gasteiger partial charge in [-0.1, -0.05) is 48.5 Å². The van der Waals surface area contributed by atoms with Gasteiger partial charge in [0.05, 0.1) is 23.8 Å². The topological polar surface area (TPSA) is 0 Å². The molecule has 0 aromatic heterocycles. The Morgan fingerprint density at radius 1 is 0.538 bits per heavy atom. The van der Waals surface area contributed by atoms with Gasteiger partial charge in [0.1, 0.15) is 0 Å². The van der Waals surface area contributed by atoms with Crippen molar-refractivity contribution in [3.8, 4) is 11.1 Å². The summed E-state index contributed by atoms with van der Waals surface area (Å²) in [6, 6.07) is 9.28. The monoisotopic (exact) mass is 378 g/mol. The molecule has 0 N–H and O–H groups in total. The van der Waals surface area contributed by atoms with Gasteiger partial charge in [0.15, 0.2) is 0 Å². The van der Waals surface area contributed by atoms with Crippen molar-refractivity contribution in [2.75, 3.05) is 0 Å². The average Bonchev–Trinajstić information content (AvgIpc) is 2.55. The molecule has 0 radical (unpaired) electrons. The minimum absolute atomic E-state index is 0.389. The van der Waals surface area contributed by atoms with E-state index in [2.05, 4.69) is 0 Å². The molecule has 0 heterocycles. The standard InChI is InChI=1S/C18H10F8/c19-9-15(17(21,22)23)13-5-1-11(2-6-13)12-3-7-14(8-4-12)16(10-20)18(24,25)26/h1-10H. The largest absolute Gasteiger partial charge is 0.419 e. The first-order valence-corrected chi connectivity index (χ1v) is 7.04. The Labute approximate surface area is 143 Å². The summed E-state index contributed by atoms with van der Waals surface area (Å²) in [5.41, 5.74) is -2.86. The van der Waals surface area contributed by atoms with Gasteiger partial charge < -0.3 is 0 Å². The van der Waals surface area contributed by atoms with Gasteiger partial charge in [0.2, 0.25) is 0 Å². The Morgan fingerprint density at radius 2 is 0.808 bits per heavy atom. The summed E-state index contributed by atoms with van der Waals surface area (Å²) < 4.78 is 101. The molecule has 0 nitrogen and oxygen atoms in total. The summed E-state index contributed by atoms with van der Waals surface area (Å²) >= 11 is 0. The Balaban J connectivity index is 2.31. The molecule has 0 aliphatic carbocycles. The third-order valence-corrected chi connectivity index (χ3v) is 3.55. The number of benzene rings is 2. The molecule has 0 spiro atoms. The van der Waals surface area contributed by atoms with Crippen LogP contribution in [0.3, 0.4) is 0 Å². The van der Waals surface area contributed by atoms with Crippen molar-refractivity contribution in [1.29, 1.82) is 0 Å². The third kappa shape index (κ3) is 4.30. The lowest BCUT2D eigenvalue weighted by Gasteiger charge is -2.12. The van der Waals surface area contributed by atoms with Gasteiger partial charge >= 0.3 is 12.4 Å². The molecular weight excluding hydrogens is 368 g/mol. The van der Waals surface area contributed by atoms with Crippen LogP contribution in [-0.2, 0) is 0 Å². The Hall–Kier alpha value is -2.64. The van der Waals surface area contributed by atoms with E-state index < -0.39 is 36.2 Å². The van der Waals surface area contributed by atoms with Gasteiger partial charge in [-0.25, -0.2) is 8.78 Å². The first-order valence-electron chi connectivity index (χ1n) is 7.04. The SMILES string of the molecule is FC=C(c1ccc(-c2ccc(C(=CF)C(F)(F)F)cc2)cc1)C(F)(F)F. The van der Waals surface area contributed by atoms with E-state index in [4.69, 9.17) is 0 Å². The molecule has 8 heteroatoms. The van der Waals surface area contributed by atoms with Crippen LogP contribution in [0.15, 0.2) is 61.2 Å². The number of hydrogen-bond donors (Lipinski definition) is 0. The summed E-state index contributed by atoms with van der Waals surface area (Å²) in [6.07, 6.45) is -10.8. The maximum atomic E-state index is 12.6. The number of allylic oxidation sites excluding steroid dienone is 2. The Bertz CT molecular complexity index is 735. The van der Waals surface area contributed by atoms with E-state index in [1.165, 1.54) is 24.3 Å². The van der Waals surface area contributed by atoms with Crippen molar-refractivity contribution < 1.29 is 35.1 Å². The maximum absolute atomic E-state index is 12.6. The summed E-state index contributed by atoms with van der Waals surface area (Å²) in [6.45, 7) is 0. The molecule has 0 saturated carbocycles. The van der Waals surface area contributed by atoms with E-state index in [1.807, 2.05) is 0 Å². The second-order valence-electron chi connectivity index (χ2n) is 5.20. The molecule has 2 aromatic carbocycles. The molecule has 0 saturated heterocycles. The molecule has 0 bridgehead atoms. The zero-order valence-corrected chi connectivity index (χ0v) is 12.8. The van der Waals surface area contributed by atoms with Crippen LogP contribution in [-0.4, -0.2) is 12.4 Å². The van der Waals surface area contributed by atoms with E-state index in [0.29, 0.717) is 11.1 Å². The molecular formula is C18H10F8. The van der Waals surface area contributed by atoms with Crippen molar-refractivity contribution in [2.24, 2.45) is 0 Å². The zero-order chi connectivity index (χ0) is 19.5. The first kappa shape index (κ1) is 19.7. The highest BCUT2D eigenvalue weighted by Gasteiger charge is 2.35. The van der Waals surface area contributed by atoms with Crippen molar-refractivity contribution in [1.82, 2.24) is 0 Å². The first-order chi connectivity index (χ1) is 12.1. The smallest absolute Gasteiger partial charge is 0.215 e. The van der Waals surface area contributed by atoms with Crippen LogP contribution in [0.5, 0.6) is 0 Å². The van der Waals surface area contributed by atoms with Crippen LogP contribution in [0.25, 0.3) is 22.3 Å². The minimum atomic E-state index is -4.86. The highest BCUT2D eigenvalue weighted by atomic mass is 19.4. The van der Waals surface area contributed by atoms with Crippen LogP contribution >= 0.6 is 0 Å². The van der Waals surface area contributed by atoms with Gasteiger partial charge in [0, 0.05) is 0 Å². The molecule has 0 unspecified atom stereocenters. The molecule has 0 aliphatic heterocycles. The van der Waals surface area contributed by atoms with Crippen LogP contribution < -0.4 is 0 Å². The second kappa shape index (κ2) is 7.31. The summed E-state index contributed by atoms with van der Waals surface area (Å²) in [5.74, 6) is 0. The van der Waals surface area contributed by atoms with Crippen LogP contribution in [0.1, 0.15) is 11.1 Å². The maximum Gasteiger partial charge on any atom is 0.419 e. The van der Waals surface area contributed by atoms with Crippen molar-refractivity contribution in [3.05, 3.63) is 72.3 Å². The van der Waals surface area contributed by atoms with Gasteiger partial charge in [0.25, 0.3) is 0 Å². The van der Waals surface area contributed by atoms with E-state index in [0.717, 1.165) is 24.3 Å². The van der Waals surface area contributed by atoms with Gasteiger partial charge in [-0.3, -0.25) is 0 Å². The van der Waals surface area contributed by atoms with Gasteiger partial charge in [-0.15, -0.1) is 0 Å². The highest BCUT2D eigenvalue weighted by molar-refractivity contribution is 5.74. The molecule has 2 aromatic rings. The number of hydrogen-bond acceptors (Lipinski definition) is 0. The van der Waals surface area contributed by atoms with Crippen molar-refractivity contribution in [3.63, 3.8) is 0 Å². The lowest BCUT2D eigenvalue weighted by atomic mass is 9.98. The second-order valence-corrected chi connectivity index (χ2v) is 5.20. The fraction of sp³-hybridized carbons (Fsp3) is 0.111. The van der Waals surface area contributed by atoms with Gasteiger partial charge in [-0.2, -0.15) is 26.3 Å². The molecule has 138 valence electrons. The predicted molar refractivity (Wildman–Crippen MR) is 82.2 cm³/mol. The Kier molecular flexibility index (Phi) is 5.53. The molecule has 26 heavy (non-hydrogen) atoms. The quantitative estimate of drug-likeness (QED) is 0.500. The number of halogens is 8. The van der Waals surface area contributed by atoms with E-state index in [9.17, 15) is 35.1 Å². The predicted octanol–water partition coefficient (Wildman–Crippen LogP) is 7.10. The lowest BCUT2D eigenvalue weighted by Crippen LogP contribution is -2.10. The average molecular weight is 378 g/mol. The molecule has 0 aliphatic rings. The van der Waals surface area contributed by atoms with Crippen molar-refractivity contribution >= 4 is 11.1 Å². The van der Waals surface area contributed by atoms with Crippen molar-refractivity contribution in [2.45, 2.75) is 12.4 Å². The number of rotatable bonds is 3. The lowest BCUT2D eigenvalue weighted by molar-refractivity contribution is -0.0704. The summed E-state index contributed by atoms with van der Waals surface area (Å²) in [7, 11) is 0. The molecule has 2 rings (SSSR count). The molecule has 0 fully saturated rings. The van der Waals surface area contributed by atoms with Crippen LogP contribution in [0, 0.1) is 0 Å². The Morgan fingerprint density at radius 3 is 1.00 bits per heavy atom. The van der Waals surface area contributed by atoms with E-state index in [1.54, 1.807) is 0 Å². The molecule has 0 amide bonds. The number of alkyl halides is 6. The van der Waals surface area contributed by atoms with Crippen LogP contribution in [0.2, 0.25) is 0 Å². The fourth-order valence-electron chi connectivity index (χ4n) is 2.26. The summed E-state index contributed by atoms with van der Waals surface area (Å²) in [5, 5.41) is 0. The van der Waals surface area contributed by atoms with E-state index in [-0.39, 0.29) is 11.1 Å². The van der Waals surface area contributed by atoms with E-state index >= 15 is 0 Å². The fourth-order valence-corrected chi connectivity index (χ4v) is 2.26. The minimum Gasteiger partial charge on any atom is -0.215 e. The normalized spacial score (nSPS) is 13.8. The van der Waals surface area contributed by atoms with Crippen LogP contribution in [0.4, 0.5) is 35.1 Å². The van der Waals surface area contributed by atoms with Gasteiger partial charge in [-0.05, 0) is 22.3 Å². The molecule has 0 atom stereocenters. The third-order valence-electron chi connectivity index (χ3n) is 3.55. The highest BCUT2D eigenvalue weighted by Crippen LogP contribution is 2.36.